The standard InChI is InChI=1S/C35H36ClN7O3/c1-6-27(44)41-13-10-35(11-14-41)16-22(17-35)42-26-15-24(36)30(28-20(4)7-8-25-23(28)18-38-40-25)39-32(26)43(34(46)33(42)45)31-21(5)9-12-37-29(31)19(2)3/h6-9,12,15,18-19,22H,1,10-11,13-14,16-17H2,2-5H3,(H,38,40). The second-order valence-corrected chi connectivity index (χ2v) is 13.6. The number of carbonyl (C=O) groups is 1. The molecule has 0 atom stereocenters. The summed E-state index contributed by atoms with van der Waals surface area (Å²) in [6.07, 6.45) is 7.99. The zero-order valence-electron chi connectivity index (χ0n) is 26.4. The Bertz CT molecular complexity index is 2180. The highest BCUT2D eigenvalue weighted by Gasteiger charge is 2.48. The first-order valence-electron chi connectivity index (χ1n) is 15.7. The van der Waals surface area contributed by atoms with Crippen LogP contribution in [0, 0.1) is 19.3 Å². The van der Waals surface area contributed by atoms with E-state index < -0.39 is 11.1 Å². The molecule has 1 saturated carbocycles. The molecule has 7 rings (SSSR count). The summed E-state index contributed by atoms with van der Waals surface area (Å²) in [4.78, 5) is 52.3. The Morgan fingerprint density at radius 3 is 2.54 bits per heavy atom. The van der Waals surface area contributed by atoms with Crippen LogP contribution in [0.1, 0.15) is 68.3 Å². The summed E-state index contributed by atoms with van der Waals surface area (Å²) in [5, 5.41) is 8.49. The number of carbonyl (C=O) groups excluding carboxylic acids is 1. The number of amides is 1. The van der Waals surface area contributed by atoms with Crippen LogP contribution in [0.3, 0.4) is 0 Å². The molecular weight excluding hydrogens is 602 g/mol. The van der Waals surface area contributed by atoms with Crippen molar-refractivity contribution in [3.63, 3.8) is 0 Å². The number of likely N-dealkylation sites (tertiary alicyclic amines) is 1. The minimum Gasteiger partial charge on any atom is -0.339 e. The van der Waals surface area contributed by atoms with Crippen molar-refractivity contribution in [3.05, 3.63) is 91.9 Å². The number of pyridine rings is 2. The molecular formula is C35H36ClN7O3. The van der Waals surface area contributed by atoms with Crippen LogP contribution in [0.5, 0.6) is 0 Å². The molecule has 1 aliphatic carbocycles. The number of piperidine rings is 1. The maximum atomic E-state index is 14.3. The van der Waals surface area contributed by atoms with Gasteiger partial charge < -0.3 is 4.90 Å². The number of H-pyrrole nitrogens is 1. The molecule has 4 aromatic heterocycles. The number of halogens is 1. The van der Waals surface area contributed by atoms with Crippen molar-refractivity contribution in [1.29, 1.82) is 0 Å². The molecule has 0 radical (unpaired) electrons. The van der Waals surface area contributed by atoms with Crippen LogP contribution in [-0.4, -0.2) is 53.2 Å². The largest absolute Gasteiger partial charge is 0.339 e. The number of nitrogens with zero attached hydrogens (tertiary/aromatic N) is 6. The molecule has 1 saturated heterocycles. The van der Waals surface area contributed by atoms with Gasteiger partial charge in [0.1, 0.15) is 0 Å². The first kappa shape index (κ1) is 30.1. The van der Waals surface area contributed by atoms with Crippen LogP contribution in [0.4, 0.5) is 0 Å². The molecule has 236 valence electrons. The van der Waals surface area contributed by atoms with Gasteiger partial charge in [-0.25, -0.2) is 4.98 Å². The first-order chi connectivity index (χ1) is 22.0. The fourth-order valence-corrected chi connectivity index (χ4v) is 7.79. The lowest BCUT2D eigenvalue weighted by Crippen LogP contribution is -2.52. The van der Waals surface area contributed by atoms with Gasteiger partial charge >= 0.3 is 11.1 Å². The number of benzene rings is 1. The lowest BCUT2D eigenvalue weighted by atomic mass is 9.60. The average molecular weight is 638 g/mol. The van der Waals surface area contributed by atoms with E-state index >= 15 is 0 Å². The van der Waals surface area contributed by atoms with Crippen molar-refractivity contribution in [2.75, 3.05) is 13.1 Å². The van der Waals surface area contributed by atoms with Gasteiger partial charge in [-0.1, -0.05) is 38.1 Å². The van der Waals surface area contributed by atoms with Gasteiger partial charge in [0.05, 0.1) is 39.3 Å². The fraction of sp³-hybridized carbons (Fsp3) is 0.371. The SMILES string of the molecule is C=CC(=O)N1CCC2(CC1)CC(n1c(=O)c(=O)n(-c3c(C)ccnc3C(C)C)c3nc(-c4c(C)ccc5[nH]ncc45)c(Cl)cc31)C2. The Morgan fingerprint density at radius 2 is 1.85 bits per heavy atom. The first-order valence-corrected chi connectivity index (χ1v) is 16.1. The quantitative estimate of drug-likeness (QED) is 0.186. The third-order valence-electron chi connectivity index (χ3n) is 10.0. The minimum atomic E-state index is -0.670. The third-order valence-corrected chi connectivity index (χ3v) is 10.3. The van der Waals surface area contributed by atoms with Crippen molar-refractivity contribution in [2.45, 2.75) is 65.3 Å². The van der Waals surface area contributed by atoms with Crippen LogP contribution in [0.15, 0.2) is 58.9 Å². The van der Waals surface area contributed by atoms with E-state index in [0.29, 0.717) is 46.4 Å². The van der Waals surface area contributed by atoms with Gasteiger partial charge in [-0.15, -0.1) is 0 Å². The normalized spacial score (nSPS) is 16.4. The van der Waals surface area contributed by atoms with E-state index in [0.717, 1.165) is 53.3 Å². The van der Waals surface area contributed by atoms with Crippen molar-refractivity contribution in [2.24, 2.45) is 5.41 Å². The Kier molecular flexibility index (Phi) is 7.23. The highest BCUT2D eigenvalue weighted by atomic mass is 35.5. The molecule has 2 fully saturated rings. The van der Waals surface area contributed by atoms with E-state index in [9.17, 15) is 14.4 Å². The van der Waals surface area contributed by atoms with Crippen molar-refractivity contribution in [3.8, 4) is 16.9 Å². The number of fused-ring (bicyclic) bond motifs is 2. The minimum absolute atomic E-state index is 0.0131. The lowest BCUT2D eigenvalue weighted by Gasteiger charge is -2.52. The number of aromatic nitrogens is 6. The van der Waals surface area contributed by atoms with E-state index in [4.69, 9.17) is 16.6 Å². The van der Waals surface area contributed by atoms with Crippen molar-refractivity contribution < 1.29 is 4.79 Å². The van der Waals surface area contributed by atoms with Crippen LogP contribution in [-0.2, 0) is 4.79 Å². The molecule has 46 heavy (non-hydrogen) atoms. The van der Waals surface area contributed by atoms with Gasteiger partial charge in [-0.05, 0) is 86.3 Å². The summed E-state index contributed by atoms with van der Waals surface area (Å²) in [5.41, 5.74) is 4.80. The van der Waals surface area contributed by atoms with Gasteiger partial charge in [0.25, 0.3) is 0 Å². The summed E-state index contributed by atoms with van der Waals surface area (Å²) in [7, 11) is 0. The predicted octanol–water partition coefficient (Wildman–Crippen LogP) is 6.01. The van der Waals surface area contributed by atoms with E-state index in [1.54, 1.807) is 23.0 Å². The van der Waals surface area contributed by atoms with Crippen LogP contribution in [0.25, 0.3) is 39.0 Å². The molecule has 0 bridgehead atoms. The number of aryl methyl sites for hydroxylation is 2. The Morgan fingerprint density at radius 1 is 1.11 bits per heavy atom. The molecule has 1 aliphatic heterocycles. The summed E-state index contributed by atoms with van der Waals surface area (Å²) >= 11 is 7.07. The van der Waals surface area contributed by atoms with E-state index in [1.807, 2.05) is 50.8 Å². The smallest absolute Gasteiger partial charge is 0.322 e. The van der Waals surface area contributed by atoms with E-state index in [2.05, 4.69) is 21.8 Å². The molecule has 2 aliphatic rings. The Labute approximate surface area is 270 Å². The fourth-order valence-electron chi connectivity index (χ4n) is 7.55. The Balaban J connectivity index is 1.45. The summed E-state index contributed by atoms with van der Waals surface area (Å²) in [6, 6.07) is 7.38. The van der Waals surface area contributed by atoms with E-state index in [-0.39, 0.29) is 23.3 Å². The highest BCUT2D eigenvalue weighted by Crippen LogP contribution is 2.55. The second-order valence-electron chi connectivity index (χ2n) is 13.2. The van der Waals surface area contributed by atoms with Crippen molar-refractivity contribution >= 4 is 39.6 Å². The Hall–Kier alpha value is -4.57. The zero-order valence-corrected chi connectivity index (χ0v) is 27.2. The molecule has 1 N–H and O–H groups in total. The summed E-state index contributed by atoms with van der Waals surface area (Å²) in [6.45, 7) is 12.9. The second kappa shape index (κ2) is 11.0. The average Bonchev–Trinajstić information content (AvgIpc) is 3.50. The van der Waals surface area contributed by atoms with Crippen molar-refractivity contribution in [1.82, 2.24) is 34.2 Å². The predicted molar refractivity (Wildman–Crippen MR) is 180 cm³/mol. The summed E-state index contributed by atoms with van der Waals surface area (Å²) < 4.78 is 3.07. The number of rotatable bonds is 5. The van der Waals surface area contributed by atoms with Gasteiger partial charge in [-0.2, -0.15) is 5.10 Å². The van der Waals surface area contributed by atoms with Gasteiger partial charge in [0, 0.05) is 36.3 Å². The van der Waals surface area contributed by atoms with Crippen LogP contribution >= 0.6 is 11.6 Å². The molecule has 1 spiro atoms. The molecule has 1 aromatic carbocycles. The molecule has 1 amide bonds. The molecule has 5 heterocycles. The van der Waals surface area contributed by atoms with Gasteiger partial charge in [-0.3, -0.25) is 33.6 Å². The monoisotopic (exact) mass is 637 g/mol. The van der Waals surface area contributed by atoms with Crippen LogP contribution in [0.2, 0.25) is 5.02 Å². The maximum Gasteiger partial charge on any atom is 0.322 e. The molecule has 10 nitrogen and oxygen atoms in total. The number of nitrogens with one attached hydrogen (secondary N) is 1. The molecule has 0 unspecified atom stereocenters. The topological polar surface area (TPSA) is 119 Å². The van der Waals surface area contributed by atoms with Gasteiger partial charge in [0.2, 0.25) is 5.91 Å². The van der Waals surface area contributed by atoms with Crippen LogP contribution < -0.4 is 11.1 Å². The lowest BCUT2D eigenvalue weighted by molar-refractivity contribution is -0.130. The number of hydrogen-bond donors (Lipinski definition) is 1. The summed E-state index contributed by atoms with van der Waals surface area (Å²) in [5.74, 6) is -0.0702. The number of hydrogen-bond acceptors (Lipinski definition) is 6. The molecule has 11 heteroatoms. The zero-order chi connectivity index (χ0) is 32.5. The third kappa shape index (κ3) is 4.61. The number of aromatic amines is 1. The van der Waals surface area contributed by atoms with E-state index in [1.165, 1.54) is 10.6 Å². The van der Waals surface area contributed by atoms with Gasteiger partial charge in [0.15, 0.2) is 5.65 Å². The molecule has 5 aromatic rings. The highest BCUT2D eigenvalue weighted by molar-refractivity contribution is 6.34. The maximum absolute atomic E-state index is 14.3.